The SMILES string of the molecule is Cc1cn([C@@H]2OC(CO[Si](C)(C)C(C)(C)C)C3(OS(=O)(=O)C([N+](=O)[O-])=C3N)[C@H]2O[Si](C)(C)C(C)(C)C)c(=O)n(C)c1=O. The van der Waals surface area contributed by atoms with Crippen LogP contribution in [0.5, 0.6) is 0 Å². The van der Waals surface area contributed by atoms with Crippen LogP contribution in [-0.4, -0.2) is 63.5 Å². The molecule has 2 unspecified atom stereocenters. The van der Waals surface area contributed by atoms with Crippen LogP contribution in [0.3, 0.4) is 0 Å². The molecule has 3 heterocycles. The molecule has 0 amide bonds. The van der Waals surface area contributed by atoms with Gasteiger partial charge in [-0.15, -0.1) is 0 Å². The van der Waals surface area contributed by atoms with Gasteiger partial charge in [-0.1, -0.05) is 41.5 Å². The van der Waals surface area contributed by atoms with E-state index in [1.54, 1.807) is 0 Å². The molecule has 3 rings (SSSR count). The summed E-state index contributed by atoms with van der Waals surface area (Å²) in [6.45, 7) is 20.9. The van der Waals surface area contributed by atoms with Gasteiger partial charge in [0.1, 0.15) is 17.9 Å². The van der Waals surface area contributed by atoms with Crippen LogP contribution >= 0.6 is 0 Å². The second-order valence-electron chi connectivity index (χ2n) is 14.1. The fraction of sp³-hybridized carbons (Fsp3) is 0.760. The first-order valence-electron chi connectivity index (χ1n) is 13.6. The average molecular weight is 649 g/mol. The summed E-state index contributed by atoms with van der Waals surface area (Å²) in [4.78, 5) is 36.9. The quantitative estimate of drug-likeness (QED) is 0.198. The van der Waals surface area contributed by atoms with Crippen LogP contribution < -0.4 is 17.0 Å². The van der Waals surface area contributed by atoms with E-state index in [4.69, 9.17) is 23.5 Å². The third-order valence-electron chi connectivity index (χ3n) is 9.15. The fourth-order valence-corrected chi connectivity index (χ4v) is 8.09. The minimum absolute atomic E-state index is 0.205. The minimum atomic E-state index is -4.98. The van der Waals surface area contributed by atoms with Gasteiger partial charge in [0, 0.05) is 18.8 Å². The van der Waals surface area contributed by atoms with Crippen LogP contribution in [0.2, 0.25) is 36.3 Å². The Bertz CT molecular complexity index is 1540. The topological polar surface area (TPSA) is 184 Å². The molecule has 0 radical (unpaired) electrons. The largest absolute Gasteiger partial charge is 0.414 e. The lowest BCUT2D eigenvalue weighted by Gasteiger charge is -2.43. The van der Waals surface area contributed by atoms with Crippen LogP contribution in [0.25, 0.3) is 0 Å². The summed E-state index contributed by atoms with van der Waals surface area (Å²) in [5, 5.41) is 10.0. The molecule has 4 atom stereocenters. The molecule has 0 saturated carbocycles. The summed E-state index contributed by atoms with van der Waals surface area (Å²) < 4.78 is 53.6. The maximum atomic E-state index is 13.4. The van der Waals surface area contributed by atoms with Crippen molar-refractivity contribution in [3.8, 4) is 0 Å². The molecule has 238 valence electrons. The predicted molar refractivity (Wildman–Crippen MR) is 161 cm³/mol. The van der Waals surface area contributed by atoms with E-state index in [1.165, 1.54) is 20.2 Å². The van der Waals surface area contributed by atoms with Crippen molar-refractivity contribution in [1.82, 2.24) is 9.13 Å². The molecule has 2 aliphatic heterocycles. The lowest BCUT2D eigenvalue weighted by atomic mass is 9.89. The number of nitrogens with zero attached hydrogens (tertiary/aromatic N) is 3. The fourth-order valence-electron chi connectivity index (χ4n) is 4.46. The van der Waals surface area contributed by atoms with Gasteiger partial charge in [0.2, 0.25) is 0 Å². The van der Waals surface area contributed by atoms with Crippen molar-refractivity contribution in [2.45, 2.75) is 109 Å². The van der Waals surface area contributed by atoms with E-state index in [-0.39, 0.29) is 17.2 Å². The van der Waals surface area contributed by atoms with Gasteiger partial charge < -0.3 is 19.3 Å². The normalized spacial score (nSPS) is 26.8. The summed E-state index contributed by atoms with van der Waals surface area (Å²) >= 11 is 0. The van der Waals surface area contributed by atoms with Gasteiger partial charge in [0.05, 0.1) is 11.5 Å². The zero-order valence-corrected chi connectivity index (χ0v) is 29.2. The number of rotatable bonds is 7. The highest BCUT2D eigenvalue weighted by molar-refractivity contribution is 7.90. The second-order valence-corrected chi connectivity index (χ2v) is 25.1. The Balaban J connectivity index is 2.39. The molecule has 2 aliphatic rings. The molecule has 0 bridgehead atoms. The van der Waals surface area contributed by atoms with Crippen LogP contribution in [0, 0.1) is 17.0 Å². The number of hydrogen-bond donors (Lipinski definition) is 1. The zero-order valence-electron chi connectivity index (χ0n) is 26.4. The van der Waals surface area contributed by atoms with Crippen molar-refractivity contribution < 1.29 is 31.1 Å². The molecule has 1 spiro atoms. The van der Waals surface area contributed by atoms with Crippen molar-refractivity contribution in [2.24, 2.45) is 12.8 Å². The van der Waals surface area contributed by atoms with E-state index in [9.17, 15) is 28.1 Å². The molecule has 1 aromatic heterocycles. The Morgan fingerprint density at radius 2 is 1.62 bits per heavy atom. The van der Waals surface area contributed by atoms with E-state index in [1.807, 2.05) is 67.7 Å². The Labute approximate surface area is 248 Å². The van der Waals surface area contributed by atoms with Crippen LogP contribution in [0.1, 0.15) is 53.3 Å². The third-order valence-corrected chi connectivity index (χ3v) is 19.4. The summed E-state index contributed by atoms with van der Waals surface area (Å²) in [6, 6.07) is 0. The summed E-state index contributed by atoms with van der Waals surface area (Å²) in [5.74, 6) is 0. The summed E-state index contributed by atoms with van der Waals surface area (Å²) in [6.07, 6.45) is -2.89. The third kappa shape index (κ3) is 5.48. The molecule has 17 heteroatoms. The van der Waals surface area contributed by atoms with Crippen molar-refractivity contribution in [2.75, 3.05) is 6.61 Å². The van der Waals surface area contributed by atoms with E-state index in [2.05, 4.69) is 0 Å². The molecular weight excluding hydrogens is 605 g/mol. The number of hydrogen-bond acceptors (Lipinski definition) is 11. The number of nitro groups is 1. The van der Waals surface area contributed by atoms with E-state index >= 15 is 0 Å². The van der Waals surface area contributed by atoms with Gasteiger partial charge in [-0.3, -0.25) is 24.0 Å². The monoisotopic (exact) mass is 648 g/mol. The predicted octanol–water partition coefficient (Wildman–Crippen LogP) is 2.67. The van der Waals surface area contributed by atoms with Crippen LogP contribution in [-0.2, 0) is 34.9 Å². The summed E-state index contributed by atoms with van der Waals surface area (Å²) in [7, 11) is -9.03. The maximum absolute atomic E-state index is 13.4. The molecular formula is C25H44N4O10SSi2. The van der Waals surface area contributed by atoms with E-state index in [0.717, 1.165) is 9.13 Å². The van der Waals surface area contributed by atoms with Crippen molar-refractivity contribution in [3.05, 3.63) is 53.4 Å². The number of nitrogens with two attached hydrogens (primary N) is 1. The van der Waals surface area contributed by atoms with Crippen molar-refractivity contribution in [1.29, 1.82) is 0 Å². The zero-order chi connectivity index (χ0) is 32.6. The van der Waals surface area contributed by atoms with Crippen molar-refractivity contribution >= 4 is 26.8 Å². The molecule has 1 aromatic rings. The van der Waals surface area contributed by atoms with Crippen molar-refractivity contribution in [3.63, 3.8) is 0 Å². The molecule has 0 aromatic carbocycles. The Kier molecular flexibility index (Phi) is 8.57. The molecule has 1 saturated heterocycles. The highest BCUT2D eigenvalue weighted by Gasteiger charge is 2.71. The number of ether oxygens (including phenoxy) is 1. The second kappa shape index (κ2) is 10.5. The lowest BCUT2D eigenvalue weighted by Crippen LogP contribution is -2.59. The maximum Gasteiger partial charge on any atom is 0.407 e. The van der Waals surface area contributed by atoms with Gasteiger partial charge in [0.15, 0.2) is 28.5 Å². The van der Waals surface area contributed by atoms with Gasteiger partial charge in [-0.05, 0) is 43.2 Å². The molecule has 14 nitrogen and oxygen atoms in total. The Morgan fingerprint density at radius 1 is 1.10 bits per heavy atom. The molecule has 1 fully saturated rings. The highest BCUT2D eigenvalue weighted by Crippen LogP contribution is 2.53. The van der Waals surface area contributed by atoms with Gasteiger partial charge >= 0.3 is 20.8 Å². The van der Waals surface area contributed by atoms with Crippen LogP contribution in [0.4, 0.5) is 0 Å². The standard InChI is InChI=1S/C25H44N4O10SSi2/c1-15-13-28(22(31)27(8)19(15)30)20-18(38-42(11,12)24(5,6)7)25(17(26)21(29(32)33)40(34,35)39-25)16(37-20)14-36-41(9,10)23(2,3)4/h13,16,18,20H,14,26H2,1-12H3/t16?,18-,20+,25?/m0/s1. The Morgan fingerprint density at radius 3 is 2.07 bits per heavy atom. The lowest BCUT2D eigenvalue weighted by molar-refractivity contribution is -0.412. The minimum Gasteiger partial charge on any atom is -0.414 e. The Hall–Kier alpha value is -2.16. The molecule has 0 aliphatic carbocycles. The summed E-state index contributed by atoms with van der Waals surface area (Å²) in [5.41, 5.74) is 2.36. The first-order valence-corrected chi connectivity index (χ1v) is 20.8. The van der Waals surface area contributed by atoms with E-state index < -0.39 is 82.7 Å². The smallest absolute Gasteiger partial charge is 0.407 e. The van der Waals surface area contributed by atoms with Crippen LogP contribution in [0.15, 0.2) is 26.5 Å². The number of aromatic nitrogens is 2. The average Bonchev–Trinajstić information content (AvgIpc) is 3.21. The first-order chi connectivity index (χ1) is 18.7. The van der Waals surface area contributed by atoms with Gasteiger partial charge in [-0.2, -0.15) is 8.42 Å². The van der Waals surface area contributed by atoms with Gasteiger partial charge in [0.25, 0.3) is 5.56 Å². The highest BCUT2D eigenvalue weighted by atomic mass is 32.2. The number of aryl methyl sites for hydroxylation is 1. The first kappa shape index (κ1) is 34.3. The van der Waals surface area contributed by atoms with Gasteiger partial charge in [-0.25, -0.2) is 8.98 Å². The van der Waals surface area contributed by atoms with E-state index in [0.29, 0.717) is 0 Å². The molecule has 42 heavy (non-hydrogen) atoms. The molecule has 2 N–H and O–H groups in total.